The first-order chi connectivity index (χ1) is 9.24. The minimum atomic E-state index is -0.166. The predicted octanol–water partition coefficient (Wildman–Crippen LogP) is 2.56. The van der Waals surface area contributed by atoms with Crippen molar-refractivity contribution in [3.05, 3.63) is 23.6 Å². The van der Waals surface area contributed by atoms with Gasteiger partial charge in [0, 0.05) is 13.0 Å². The van der Waals surface area contributed by atoms with Gasteiger partial charge in [-0.2, -0.15) is 10.3 Å². The zero-order chi connectivity index (χ0) is 14.1. The van der Waals surface area contributed by atoms with E-state index in [1.807, 2.05) is 26.8 Å². The lowest BCUT2D eigenvalue weighted by Gasteiger charge is -2.16. The average Bonchev–Trinajstić information content (AvgIpc) is 2.39. The number of hydrogen-bond acceptors (Lipinski definition) is 5. The highest BCUT2D eigenvalue weighted by Gasteiger charge is 2.17. The van der Waals surface area contributed by atoms with E-state index in [4.69, 9.17) is 14.2 Å². The monoisotopic (exact) mass is 264 g/mol. The Balaban J connectivity index is 3.10. The van der Waals surface area contributed by atoms with Gasteiger partial charge in [-0.3, -0.25) is 0 Å². The summed E-state index contributed by atoms with van der Waals surface area (Å²) in [7, 11) is 0. The van der Waals surface area contributed by atoms with Crippen molar-refractivity contribution in [3.63, 3.8) is 0 Å². The topological polar surface area (TPSA) is 63.8 Å². The number of aliphatic imine (C=N–C) groups is 1. The van der Waals surface area contributed by atoms with Crippen LogP contribution >= 0.6 is 0 Å². The van der Waals surface area contributed by atoms with Crippen LogP contribution in [0, 0.1) is 11.3 Å². The summed E-state index contributed by atoms with van der Waals surface area (Å²) in [6.07, 6.45) is 3.91. The van der Waals surface area contributed by atoms with Gasteiger partial charge in [0.05, 0.1) is 24.9 Å². The maximum absolute atomic E-state index is 9.23. The molecule has 1 heterocycles. The van der Waals surface area contributed by atoms with Crippen LogP contribution in [0.25, 0.3) is 0 Å². The second-order valence-corrected chi connectivity index (χ2v) is 3.77. The van der Waals surface area contributed by atoms with Gasteiger partial charge in [-0.25, -0.2) is 0 Å². The minimum Gasteiger partial charge on any atom is -0.478 e. The molecule has 0 aromatic rings. The van der Waals surface area contributed by atoms with Crippen molar-refractivity contribution in [3.8, 4) is 6.07 Å². The summed E-state index contributed by atoms with van der Waals surface area (Å²) in [4.78, 5) is 4.25. The Morgan fingerprint density at radius 2 is 2.00 bits per heavy atom. The molecule has 5 heteroatoms. The third-order valence-corrected chi connectivity index (χ3v) is 2.42. The molecular weight excluding hydrogens is 244 g/mol. The van der Waals surface area contributed by atoms with Gasteiger partial charge in [0.2, 0.25) is 11.8 Å². The number of nitrogens with zero attached hydrogens (tertiary/aromatic N) is 2. The van der Waals surface area contributed by atoms with E-state index in [2.05, 4.69) is 11.1 Å². The van der Waals surface area contributed by atoms with Gasteiger partial charge in [-0.1, -0.05) is 6.08 Å². The Bertz CT molecular complexity index is 419. The second kappa shape index (κ2) is 8.33. The van der Waals surface area contributed by atoms with E-state index in [0.29, 0.717) is 43.6 Å². The molecule has 19 heavy (non-hydrogen) atoms. The van der Waals surface area contributed by atoms with Crippen molar-refractivity contribution in [1.82, 2.24) is 0 Å². The highest BCUT2D eigenvalue weighted by atomic mass is 16.5. The molecule has 0 N–H and O–H groups in total. The largest absolute Gasteiger partial charge is 0.478 e. The summed E-state index contributed by atoms with van der Waals surface area (Å²) in [5.41, 5.74) is 0.474. The standard InChI is InChI=1S/C14H20N2O3/c1-4-17-12-7-8-13(18-5-2)16-14(19-6-3)11(9-12)10-15/h7-8,12H,4-6,9H2,1-3H3/b8-7-,14-11-,16-13+. The van der Waals surface area contributed by atoms with Crippen LogP contribution < -0.4 is 0 Å². The quantitative estimate of drug-likeness (QED) is 0.765. The van der Waals surface area contributed by atoms with Gasteiger partial charge in [-0.15, -0.1) is 0 Å². The highest BCUT2D eigenvalue weighted by Crippen LogP contribution is 2.19. The molecule has 104 valence electrons. The van der Waals surface area contributed by atoms with Crippen molar-refractivity contribution in [2.75, 3.05) is 19.8 Å². The van der Waals surface area contributed by atoms with E-state index >= 15 is 0 Å². The maximum Gasteiger partial charge on any atom is 0.230 e. The van der Waals surface area contributed by atoms with Crippen LogP contribution in [0.1, 0.15) is 27.2 Å². The lowest BCUT2D eigenvalue weighted by atomic mass is 10.1. The van der Waals surface area contributed by atoms with Gasteiger partial charge in [0.25, 0.3) is 0 Å². The van der Waals surface area contributed by atoms with Crippen LogP contribution in [-0.4, -0.2) is 31.8 Å². The Morgan fingerprint density at radius 3 is 2.58 bits per heavy atom. The molecule has 0 spiro atoms. The smallest absolute Gasteiger partial charge is 0.230 e. The number of rotatable bonds is 5. The molecule has 5 nitrogen and oxygen atoms in total. The molecule has 0 fully saturated rings. The van der Waals surface area contributed by atoms with Gasteiger partial charge < -0.3 is 14.2 Å². The van der Waals surface area contributed by atoms with Crippen LogP contribution in [0.4, 0.5) is 0 Å². The van der Waals surface area contributed by atoms with Crippen LogP contribution in [0.2, 0.25) is 0 Å². The maximum atomic E-state index is 9.23. The highest BCUT2D eigenvalue weighted by molar-refractivity contribution is 5.88. The summed E-state index contributed by atoms with van der Waals surface area (Å²) in [6.45, 7) is 7.19. The van der Waals surface area contributed by atoms with E-state index in [1.54, 1.807) is 6.08 Å². The van der Waals surface area contributed by atoms with Crippen molar-refractivity contribution in [2.45, 2.75) is 33.3 Å². The molecule has 0 aliphatic carbocycles. The molecular formula is C14H20N2O3. The SMILES string of the molecule is CCOC1=C(\C#N)CC(OCC)\C=C/C(OCC)=N\1. The first-order valence-corrected chi connectivity index (χ1v) is 6.52. The van der Waals surface area contributed by atoms with Gasteiger partial charge in [0.15, 0.2) is 0 Å². The molecule has 1 aliphatic heterocycles. The molecule has 1 atom stereocenters. The minimum absolute atomic E-state index is 0.166. The first kappa shape index (κ1) is 15.3. The fraction of sp³-hybridized carbons (Fsp3) is 0.571. The molecule has 1 unspecified atom stereocenters. The molecule has 0 aromatic carbocycles. The Labute approximate surface area is 114 Å². The van der Waals surface area contributed by atoms with Crippen LogP contribution in [0.15, 0.2) is 28.6 Å². The lowest BCUT2D eigenvalue weighted by Crippen LogP contribution is -2.15. The number of ether oxygens (including phenoxy) is 3. The average molecular weight is 264 g/mol. The molecule has 1 rings (SSSR count). The summed E-state index contributed by atoms with van der Waals surface area (Å²) in [5, 5.41) is 9.23. The fourth-order valence-electron chi connectivity index (χ4n) is 1.66. The molecule has 0 saturated carbocycles. The summed E-state index contributed by atoms with van der Waals surface area (Å²) >= 11 is 0. The normalized spacial score (nSPS) is 27.5. The molecule has 0 bridgehead atoms. The predicted molar refractivity (Wildman–Crippen MR) is 72.5 cm³/mol. The molecule has 0 amide bonds. The summed E-state index contributed by atoms with van der Waals surface area (Å²) in [5.74, 6) is 0.755. The van der Waals surface area contributed by atoms with E-state index < -0.39 is 0 Å². The zero-order valence-corrected chi connectivity index (χ0v) is 11.7. The van der Waals surface area contributed by atoms with E-state index in [0.717, 1.165) is 0 Å². The Morgan fingerprint density at radius 1 is 1.26 bits per heavy atom. The Kier molecular flexibility index (Phi) is 6.69. The second-order valence-electron chi connectivity index (χ2n) is 3.77. The van der Waals surface area contributed by atoms with Crippen LogP contribution in [-0.2, 0) is 14.2 Å². The third-order valence-electron chi connectivity index (χ3n) is 2.42. The van der Waals surface area contributed by atoms with Gasteiger partial charge in [0.1, 0.15) is 6.07 Å². The Hall–Kier alpha value is -1.80. The number of nitriles is 1. The zero-order valence-electron chi connectivity index (χ0n) is 11.7. The van der Waals surface area contributed by atoms with Gasteiger partial charge in [-0.05, 0) is 26.8 Å². The summed E-state index contributed by atoms with van der Waals surface area (Å²) < 4.78 is 16.4. The van der Waals surface area contributed by atoms with E-state index in [9.17, 15) is 5.26 Å². The van der Waals surface area contributed by atoms with E-state index in [1.165, 1.54) is 0 Å². The van der Waals surface area contributed by atoms with Crippen LogP contribution in [0.5, 0.6) is 0 Å². The van der Waals surface area contributed by atoms with Crippen molar-refractivity contribution >= 4 is 5.90 Å². The molecule has 0 saturated heterocycles. The van der Waals surface area contributed by atoms with Gasteiger partial charge >= 0.3 is 0 Å². The lowest BCUT2D eigenvalue weighted by molar-refractivity contribution is 0.0954. The number of hydrogen-bond donors (Lipinski definition) is 0. The first-order valence-electron chi connectivity index (χ1n) is 6.52. The fourth-order valence-corrected chi connectivity index (χ4v) is 1.66. The molecule has 0 radical (unpaired) electrons. The molecule has 1 aliphatic rings. The third kappa shape index (κ3) is 4.76. The summed E-state index contributed by atoms with van der Waals surface area (Å²) in [6, 6.07) is 2.14. The van der Waals surface area contributed by atoms with E-state index in [-0.39, 0.29) is 6.10 Å². The van der Waals surface area contributed by atoms with Crippen LogP contribution in [0.3, 0.4) is 0 Å². The molecule has 0 aromatic heterocycles. The van der Waals surface area contributed by atoms with Crippen molar-refractivity contribution in [1.29, 1.82) is 5.26 Å². The van der Waals surface area contributed by atoms with Crippen molar-refractivity contribution < 1.29 is 14.2 Å². The van der Waals surface area contributed by atoms with Crippen molar-refractivity contribution in [2.24, 2.45) is 4.99 Å².